The first-order valence-corrected chi connectivity index (χ1v) is 8.71. The Morgan fingerprint density at radius 3 is 2.67 bits per heavy atom. The Labute approximate surface area is 155 Å². The molecule has 1 aromatic heterocycles. The van der Waals surface area contributed by atoms with Gasteiger partial charge >= 0.3 is 17.1 Å². The molecule has 2 aromatic rings. The van der Waals surface area contributed by atoms with Gasteiger partial charge in [-0.3, -0.25) is 19.7 Å². The van der Waals surface area contributed by atoms with Gasteiger partial charge in [-0.05, 0) is 30.7 Å². The Hall–Kier alpha value is -3.23. The number of aromatic amines is 1. The normalized spacial score (nSPS) is 14.7. The highest BCUT2D eigenvalue weighted by molar-refractivity contribution is 5.77. The third kappa shape index (κ3) is 4.69. The topological polar surface area (TPSA) is 118 Å². The fourth-order valence-corrected chi connectivity index (χ4v) is 3.20. The van der Waals surface area contributed by atoms with Crippen molar-refractivity contribution in [3.05, 3.63) is 62.7 Å². The van der Waals surface area contributed by atoms with Gasteiger partial charge in [0.1, 0.15) is 0 Å². The van der Waals surface area contributed by atoms with Gasteiger partial charge in [0.05, 0.1) is 11.3 Å². The van der Waals surface area contributed by atoms with Crippen molar-refractivity contribution in [3.8, 4) is 5.88 Å². The van der Waals surface area contributed by atoms with Gasteiger partial charge in [-0.2, -0.15) is 4.98 Å². The Morgan fingerprint density at radius 1 is 1.30 bits per heavy atom. The Kier molecular flexibility index (Phi) is 5.80. The monoisotopic (exact) mass is 372 g/mol. The van der Waals surface area contributed by atoms with E-state index in [0.29, 0.717) is 19.0 Å². The van der Waals surface area contributed by atoms with E-state index in [0.717, 1.165) is 25.6 Å². The molecule has 0 spiro atoms. The molecule has 142 valence electrons. The minimum absolute atomic E-state index is 0.274. The van der Waals surface area contributed by atoms with Gasteiger partial charge in [0.25, 0.3) is 5.91 Å². The summed E-state index contributed by atoms with van der Waals surface area (Å²) in [5.41, 5.74) is -0.427. The van der Waals surface area contributed by atoms with E-state index in [9.17, 15) is 19.7 Å². The molecular weight excluding hydrogens is 352 g/mol. The predicted molar refractivity (Wildman–Crippen MR) is 96.5 cm³/mol. The summed E-state index contributed by atoms with van der Waals surface area (Å²) >= 11 is 0. The molecule has 0 bridgehead atoms. The number of likely N-dealkylation sites (tertiary alicyclic amines) is 1. The second-order valence-corrected chi connectivity index (χ2v) is 6.45. The number of amides is 1. The predicted octanol–water partition coefficient (Wildman–Crippen LogP) is 1.54. The first-order chi connectivity index (χ1) is 13.0. The maximum Gasteiger partial charge on any atom is 0.395 e. The summed E-state index contributed by atoms with van der Waals surface area (Å²) in [5, 5.41) is 10.9. The average molecular weight is 372 g/mol. The summed E-state index contributed by atoms with van der Waals surface area (Å²) in [7, 11) is 0. The number of carbonyl (C=O) groups is 1. The van der Waals surface area contributed by atoms with E-state index in [2.05, 4.69) is 22.1 Å². The van der Waals surface area contributed by atoms with Crippen molar-refractivity contribution in [2.75, 3.05) is 19.7 Å². The highest BCUT2D eigenvalue weighted by atomic mass is 16.6. The number of nitro groups is 1. The van der Waals surface area contributed by atoms with Gasteiger partial charge in [-0.15, -0.1) is 0 Å². The molecule has 1 aliphatic rings. The largest absolute Gasteiger partial charge is 0.463 e. The highest BCUT2D eigenvalue weighted by Gasteiger charge is 2.26. The second kappa shape index (κ2) is 8.43. The number of benzene rings is 1. The molecule has 0 unspecified atom stereocenters. The van der Waals surface area contributed by atoms with Gasteiger partial charge in [0, 0.05) is 13.1 Å². The Balaban J connectivity index is 1.51. The third-order valence-corrected chi connectivity index (χ3v) is 4.64. The molecule has 0 saturated carbocycles. The van der Waals surface area contributed by atoms with E-state index in [1.54, 1.807) is 4.90 Å². The first-order valence-electron chi connectivity index (χ1n) is 8.71. The molecule has 9 nitrogen and oxygen atoms in total. The van der Waals surface area contributed by atoms with Gasteiger partial charge in [-0.25, -0.2) is 0 Å². The smallest absolute Gasteiger partial charge is 0.395 e. The lowest BCUT2D eigenvalue weighted by Gasteiger charge is -2.32. The minimum atomic E-state index is -0.917. The van der Waals surface area contributed by atoms with Crippen LogP contribution in [0, 0.1) is 16.0 Å². The minimum Gasteiger partial charge on any atom is -0.463 e. The van der Waals surface area contributed by atoms with Crippen LogP contribution in [-0.4, -0.2) is 45.4 Å². The Bertz CT molecular complexity index is 860. The van der Waals surface area contributed by atoms with Crippen LogP contribution in [0.3, 0.4) is 0 Å². The summed E-state index contributed by atoms with van der Waals surface area (Å²) in [5.74, 6) is -0.201. The Morgan fingerprint density at radius 2 is 2.00 bits per heavy atom. The van der Waals surface area contributed by atoms with Crippen LogP contribution in [0.25, 0.3) is 0 Å². The van der Waals surface area contributed by atoms with E-state index in [1.165, 1.54) is 5.56 Å². The molecule has 2 heterocycles. The number of hydrogen-bond donors (Lipinski definition) is 1. The van der Waals surface area contributed by atoms with Crippen LogP contribution in [0.1, 0.15) is 18.4 Å². The summed E-state index contributed by atoms with van der Waals surface area (Å²) in [6.07, 6.45) is 3.78. The maximum atomic E-state index is 12.3. The molecule has 0 aliphatic carbocycles. The van der Waals surface area contributed by atoms with Crippen molar-refractivity contribution in [3.63, 3.8) is 0 Å². The number of rotatable bonds is 6. The van der Waals surface area contributed by atoms with Gasteiger partial charge < -0.3 is 14.6 Å². The molecule has 9 heteroatoms. The molecule has 1 saturated heterocycles. The zero-order valence-corrected chi connectivity index (χ0v) is 14.7. The summed E-state index contributed by atoms with van der Waals surface area (Å²) in [6, 6.07) is 10.2. The van der Waals surface area contributed by atoms with Crippen molar-refractivity contribution in [1.29, 1.82) is 0 Å². The number of nitrogens with one attached hydrogen (secondary N) is 1. The zero-order valence-electron chi connectivity index (χ0n) is 14.7. The number of nitrogens with zero attached hydrogens (tertiary/aromatic N) is 3. The molecule has 1 amide bonds. The number of hydrogen-bond acceptors (Lipinski definition) is 6. The fraction of sp³-hybridized carbons (Fsp3) is 0.389. The number of ether oxygens (including phenoxy) is 1. The van der Waals surface area contributed by atoms with E-state index in [1.807, 2.05) is 18.2 Å². The van der Waals surface area contributed by atoms with Gasteiger partial charge in [0.15, 0.2) is 6.61 Å². The quantitative estimate of drug-likeness (QED) is 0.607. The molecule has 1 N–H and O–H groups in total. The van der Waals surface area contributed by atoms with Crippen molar-refractivity contribution in [2.24, 2.45) is 5.92 Å². The molecule has 0 atom stereocenters. The van der Waals surface area contributed by atoms with Crippen LogP contribution >= 0.6 is 0 Å². The van der Waals surface area contributed by atoms with Crippen LogP contribution < -0.4 is 10.3 Å². The molecule has 0 radical (unpaired) electrons. The van der Waals surface area contributed by atoms with Crippen LogP contribution in [0.4, 0.5) is 5.69 Å². The van der Waals surface area contributed by atoms with Crippen LogP contribution in [0.5, 0.6) is 5.88 Å². The number of piperidine rings is 1. The van der Waals surface area contributed by atoms with E-state index in [4.69, 9.17) is 4.74 Å². The van der Waals surface area contributed by atoms with Crippen LogP contribution in [0.15, 0.2) is 41.5 Å². The van der Waals surface area contributed by atoms with Crippen LogP contribution in [0.2, 0.25) is 0 Å². The molecule has 1 aromatic carbocycles. The number of H-pyrrole nitrogens is 1. The molecule has 1 fully saturated rings. The highest BCUT2D eigenvalue weighted by Crippen LogP contribution is 2.22. The second-order valence-electron chi connectivity index (χ2n) is 6.45. The van der Waals surface area contributed by atoms with E-state index >= 15 is 0 Å². The van der Waals surface area contributed by atoms with Crippen LogP contribution in [-0.2, 0) is 11.2 Å². The summed E-state index contributed by atoms with van der Waals surface area (Å²) < 4.78 is 5.15. The van der Waals surface area contributed by atoms with E-state index in [-0.39, 0.29) is 12.5 Å². The van der Waals surface area contributed by atoms with Crippen molar-refractivity contribution in [2.45, 2.75) is 19.3 Å². The number of carbonyl (C=O) groups excluding carboxylic acids is 1. The lowest BCUT2D eigenvalue weighted by molar-refractivity contribution is -0.387. The van der Waals surface area contributed by atoms with Gasteiger partial charge in [-0.1, -0.05) is 30.3 Å². The zero-order chi connectivity index (χ0) is 19.2. The standard InChI is InChI=1S/C18H20N4O5/c23-15(11-27-18-16(22(25)26)17(24)19-12-20-18)21-8-6-14(7-9-21)10-13-4-2-1-3-5-13/h1-5,12,14H,6-11H2,(H,19,20,24). The summed E-state index contributed by atoms with van der Waals surface area (Å²) in [4.78, 5) is 41.3. The molecule has 3 rings (SSSR count). The molecule has 1 aliphatic heterocycles. The SMILES string of the molecule is O=C(COc1nc[nH]c(=O)c1[N+](=O)[O-])N1CCC(Cc2ccccc2)CC1. The van der Waals surface area contributed by atoms with E-state index < -0.39 is 22.0 Å². The third-order valence-electron chi connectivity index (χ3n) is 4.64. The summed E-state index contributed by atoms with van der Waals surface area (Å²) in [6.45, 7) is 0.843. The van der Waals surface area contributed by atoms with Crippen molar-refractivity contribution in [1.82, 2.24) is 14.9 Å². The first kappa shape index (κ1) is 18.6. The molecular formula is C18H20N4O5. The molecule has 27 heavy (non-hydrogen) atoms. The lowest BCUT2D eigenvalue weighted by atomic mass is 9.90. The fourth-order valence-electron chi connectivity index (χ4n) is 3.20. The van der Waals surface area contributed by atoms with Gasteiger partial charge in [0.2, 0.25) is 0 Å². The average Bonchev–Trinajstić information content (AvgIpc) is 2.67. The lowest BCUT2D eigenvalue weighted by Crippen LogP contribution is -2.41. The van der Waals surface area contributed by atoms with Crippen molar-refractivity contribution < 1.29 is 14.5 Å². The van der Waals surface area contributed by atoms with Crippen molar-refractivity contribution >= 4 is 11.6 Å². The maximum absolute atomic E-state index is 12.3. The number of aromatic nitrogens is 2.